The summed E-state index contributed by atoms with van der Waals surface area (Å²) < 4.78 is 0. The summed E-state index contributed by atoms with van der Waals surface area (Å²) in [4.78, 5) is 1.78. The molecule has 0 spiro atoms. The lowest BCUT2D eigenvalue weighted by molar-refractivity contribution is 0.296. The molecule has 1 aliphatic rings. The Morgan fingerprint density at radius 1 is 1.29 bits per heavy atom. The highest BCUT2D eigenvalue weighted by Gasteiger charge is 2.17. The van der Waals surface area contributed by atoms with Gasteiger partial charge in [0.25, 0.3) is 0 Å². The Bertz CT molecular complexity index is 276. The van der Waals surface area contributed by atoms with E-state index in [1.54, 1.807) is 4.80 Å². The summed E-state index contributed by atoms with van der Waals surface area (Å²) in [6, 6.07) is 0.475. The zero-order chi connectivity index (χ0) is 9.80. The fourth-order valence-electron chi connectivity index (χ4n) is 1.95. The van der Waals surface area contributed by atoms with E-state index in [1.165, 1.54) is 32.1 Å². The highest BCUT2D eigenvalue weighted by molar-refractivity contribution is 4.79. The van der Waals surface area contributed by atoms with Crippen LogP contribution in [-0.4, -0.2) is 26.8 Å². The van der Waals surface area contributed by atoms with Gasteiger partial charge < -0.3 is 5.73 Å². The first-order valence-corrected chi connectivity index (χ1v) is 5.38. The summed E-state index contributed by atoms with van der Waals surface area (Å²) in [6.07, 6.45) is 7.04. The largest absolute Gasteiger partial charge is 0.330 e. The molecule has 0 amide bonds. The highest BCUT2D eigenvalue weighted by atomic mass is 15.6. The predicted octanol–water partition coefficient (Wildman–Crippen LogP) is 0.679. The predicted molar refractivity (Wildman–Crippen MR) is 52.7 cm³/mol. The van der Waals surface area contributed by atoms with E-state index in [-0.39, 0.29) is 0 Å². The first kappa shape index (κ1) is 9.58. The third-order valence-electron chi connectivity index (χ3n) is 2.74. The molecule has 1 aliphatic carbocycles. The van der Waals surface area contributed by atoms with Crippen LogP contribution in [0.1, 0.15) is 44.0 Å². The maximum atomic E-state index is 5.43. The molecular formula is C9H17N5. The minimum atomic E-state index is 0.475. The Labute approximate surface area is 83.7 Å². The van der Waals surface area contributed by atoms with E-state index in [4.69, 9.17) is 5.73 Å². The molecular weight excluding hydrogens is 178 g/mol. The van der Waals surface area contributed by atoms with E-state index in [9.17, 15) is 0 Å². The van der Waals surface area contributed by atoms with Gasteiger partial charge in [-0.15, -0.1) is 10.2 Å². The van der Waals surface area contributed by atoms with E-state index in [1.807, 2.05) is 0 Å². The molecule has 0 saturated heterocycles. The quantitative estimate of drug-likeness (QED) is 0.770. The van der Waals surface area contributed by atoms with Gasteiger partial charge >= 0.3 is 0 Å². The van der Waals surface area contributed by atoms with Gasteiger partial charge in [0.2, 0.25) is 0 Å². The summed E-state index contributed by atoms with van der Waals surface area (Å²) in [5.41, 5.74) is 5.43. The van der Waals surface area contributed by atoms with Crippen LogP contribution in [0.2, 0.25) is 0 Å². The van der Waals surface area contributed by atoms with Gasteiger partial charge in [0.15, 0.2) is 5.82 Å². The lowest BCUT2D eigenvalue weighted by atomic mass is 9.96. The molecule has 14 heavy (non-hydrogen) atoms. The molecule has 1 heterocycles. The van der Waals surface area contributed by atoms with E-state index in [0.717, 1.165) is 12.2 Å². The van der Waals surface area contributed by atoms with Gasteiger partial charge in [0.1, 0.15) is 0 Å². The van der Waals surface area contributed by atoms with Crippen LogP contribution in [0.4, 0.5) is 0 Å². The van der Waals surface area contributed by atoms with Gasteiger partial charge in [-0.25, -0.2) is 0 Å². The smallest absolute Gasteiger partial charge is 0.176 e. The molecule has 5 heteroatoms. The van der Waals surface area contributed by atoms with Crippen molar-refractivity contribution in [3.8, 4) is 0 Å². The molecule has 1 saturated carbocycles. The van der Waals surface area contributed by atoms with E-state index < -0.39 is 0 Å². The van der Waals surface area contributed by atoms with Crippen LogP contribution in [-0.2, 0) is 6.42 Å². The molecule has 2 N–H and O–H groups in total. The number of hydrogen-bond acceptors (Lipinski definition) is 4. The monoisotopic (exact) mass is 195 g/mol. The maximum absolute atomic E-state index is 5.43. The average molecular weight is 195 g/mol. The van der Waals surface area contributed by atoms with Crippen LogP contribution < -0.4 is 5.73 Å². The zero-order valence-electron chi connectivity index (χ0n) is 8.39. The van der Waals surface area contributed by atoms with Crippen LogP contribution in [0, 0.1) is 0 Å². The van der Waals surface area contributed by atoms with E-state index >= 15 is 0 Å². The van der Waals surface area contributed by atoms with Crippen molar-refractivity contribution < 1.29 is 0 Å². The Hall–Kier alpha value is -0.970. The SMILES string of the molecule is NCCc1nnn(C2CCCCC2)n1. The zero-order valence-corrected chi connectivity index (χ0v) is 8.39. The maximum Gasteiger partial charge on any atom is 0.176 e. The molecule has 78 valence electrons. The van der Waals surface area contributed by atoms with Crippen LogP contribution in [0.5, 0.6) is 0 Å². The number of aromatic nitrogens is 4. The highest BCUT2D eigenvalue weighted by Crippen LogP contribution is 2.26. The van der Waals surface area contributed by atoms with Crippen molar-refractivity contribution in [1.29, 1.82) is 0 Å². The molecule has 5 nitrogen and oxygen atoms in total. The van der Waals surface area contributed by atoms with E-state index in [2.05, 4.69) is 15.4 Å². The second-order valence-corrected chi connectivity index (χ2v) is 3.86. The van der Waals surface area contributed by atoms with Crippen molar-refractivity contribution in [2.45, 2.75) is 44.6 Å². The lowest BCUT2D eigenvalue weighted by Gasteiger charge is -2.19. The van der Waals surface area contributed by atoms with Crippen molar-refractivity contribution in [3.63, 3.8) is 0 Å². The van der Waals surface area contributed by atoms with Gasteiger partial charge in [-0.3, -0.25) is 0 Å². The number of rotatable bonds is 3. The molecule has 0 unspecified atom stereocenters. The Morgan fingerprint density at radius 3 is 2.79 bits per heavy atom. The molecule has 0 atom stereocenters. The second kappa shape index (κ2) is 4.50. The molecule has 1 aromatic rings. The van der Waals surface area contributed by atoms with Crippen LogP contribution in [0.15, 0.2) is 0 Å². The second-order valence-electron chi connectivity index (χ2n) is 3.86. The standard InChI is InChI=1S/C9H17N5/c10-7-6-9-11-13-14(12-9)8-4-2-1-3-5-8/h8H,1-7,10H2. The Morgan fingerprint density at radius 2 is 2.07 bits per heavy atom. The Balaban J connectivity index is 2.00. The molecule has 0 bridgehead atoms. The summed E-state index contributed by atoms with van der Waals surface area (Å²) in [5, 5.41) is 12.4. The lowest BCUT2D eigenvalue weighted by Crippen LogP contribution is -2.16. The fraction of sp³-hybridized carbons (Fsp3) is 0.889. The first-order valence-electron chi connectivity index (χ1n) is 5.38. The number of hydrogen-bond donors (Lipinski definition) is 1. The summed E-state index contributed by atoms with van der Waals surface area (Å²) in [6.45, 7) is 0.594. The van der Waals surface area contributed by atoms with Crippen molar-refractivity contribution >= 4 is 0 Å². The van der Waals surface area contributed by atoms with Crippen molar-refractivity contribution in [3.05, 3.63) is 5.82 Å². The van der Waals surface area contributed by atoms with Crippen LogP contribution in [0.3, 0.4) is 0 Å². The van der Waals surface area contributed by atoms with Gasteiger partial charge in [0.05, 0.1) is 6.04 Å². The summed E-state index contributed by atoms with van der Waals surface area (Å²) in [5.74, 6) is 0.776. The average Bonchev–Trinajstić information content (AvgIpc) is 2.68. The molecule has 1 fully saturated rings. The summed E-state index contributed by atoms with van der Waals surface area (Å²) >= 11 is 0. The van der Waals surface area contributed by atoms with Crippen LogP contribution >= 0.6 is 0 Å². The first-order chi connectivity index (χ1) is 6.90. The number of nitrogens with two attached hydrogens (primary N) is 1. The topological polar surface area (TPSA) is 69.6 Å². The minimum absolute atomic E-state index is 0.475. The van der Waals surface area contributed by atoms with Crippen molar-refractivity contribution in [1.82, 2.24) is 20.2 Å². The Kier molecular flexibility index (Phi) is 3.08. The minimum Gasteiger partial charge on any atom is -0.330 e. The van der Waals surface area contributed by atoms with Gasteiger partial charge in [0, 0.05) is 6.42 Å². The molecule has 0 aliphatic heterocycles. The van der Waals surface area contributed by atoms with Crippen molar-refractivity contribution in [2.75, 3.05) is 6.54 Å². The number of tetrazole rings is 1. The molecule has 0 aromatic carbocycles. The molecule has 2 rings (SSSR count). The van der Waals surface area contributed by atoms with Crippen LogP contribution in [0.25, 0.3) is 0 Å². The third-order valence-corrected chi connectivity index (χ3v) is 2.74. The molecule has 0 radical (unpaired) electrons. The third kappa shape index (κ3) is 2.09. The number of nitrogens with zero attached hydrogens (tertiary/aromatic N) is 4. The fourth-order valence-corrected chi connectivity index (χ4v) is 1.95. The van der Waals surface area contributed by atoms with Crippen molar-refractivity contribution in [2.24, 2.45) is 5.73 Å². The summed E-state index contributed by atoms with van der Waals surface area (Å²) in [7, 11) is 0. The van der Waals surface area contributed by atoms with E-state index in [0.29, 0.717) is 12.6 Å². The molecule has 1 aromatic heterocycles. The van der Waals surface area contributed by atoms with Gasteiger partial charge in [-0.2, -0.15) is 4.80 Å². The van der Waals surface area contributed by atoms with Gasteiger partial charge in [-0.1, -0.05) is 19.3 Å². The normalized spacial score (nSPS) is 18.6. The van der Waals surface area contributed by atoms with Gasteiger partial charge in [-0.05, 0) is 24.6 Å².